The zero-order chi connectivity index (χ0) is 21.6. The minimum atomic E-state index is -3.70. The molecule has 1 heterocycles. The number of hydrogen-bond acceptors (Lipinski definition) is 1. The molecule has 0 bridgehead atoms. The third kappa shape index (κ3) is 3.40. The Hall–Kier alpha value is -2.49. The molecule has 2 atom stereocenters. The molecule has 4 aromatic rings. The molecule has 158 valence electrons. The Morgan fingerprint density at radius 3 is 1.52 bits per heavy atom. The van der Waals surface area contributed by atoms with Gasteiger partial charge in [-0.1, -0.05) is 84.9 Å². The Kier molecular flexibility index (Phi) is 5.19. The Labute approximate surface area is 183 Å². The van der Waals surface area contributed by atoms with Crippen molar-refractivity contribution in [3.8, 4) is 0 Å². The van der Waals surface area contributed by atoms with Gasteiger partial charge in [0.15, 0.2) is 0 Å². The maximum Gasteiger partial charge on any atom is 0.344 e. The fourth-order valence-corrected chi connectivity index (χ4v) is 7.15. The molecule has 0 unspecified atom stereocenters. The van der Waals surface area contributed by atoms with Crippen LogP contribution in [0.25, 0.3) is 21.5 Å². The average Bonchev–Trinajstić information content (AvgIpc) is 3.11. The van der Waals surface area contributed by atoms with Gasteiger partial charge in [0.05, 0.1) is 0 Å². The van der Waals surface area contributed by atoms with E-state index >= 15 is 0 Å². The number of hydrogen-bond donors (Lipinski definition) is 1. The first-order valence-electron chi connectivity index (χ1n) is 10.8. The smallest absolute Gasteiger partial charge is 0.322 e. The monoisotopic (exact) mass is 430 g/mol. The lowest BCUT2D eigenvalue weighted by Gasteiger charge is -2.33. The summed E-state index contributed by atoms with van der Waals surface area (Å²) in [5.41, 5.74) is 2.18. The minimum absolute atomic E-state index is 0.161. The van der Waals surface area contributed by atoms with Crippen LogP contribution >= 0.6 is 7.67 Å². The molecule has 1 aliphatic rings. The van der Waals surface area contributed by atoms with Crippen LogP contribution in [-0.4, -0.2) is 27.3 Å². The van der Waals surface area contributed by atoms with Gasteiger partial charge in [-0.15, -0.1) is 0 Å². The van der Waals surface area contributed by atoms with Gasteiger partial charge in [0, 0.05) is 25.2 Å². The fraction of sp³-hybridized carbons (Fsp3) is 0.231. The van der Waals surface area contributed by atoms with Crippen molar-refractivity contribution in [3.63, 3.8) is 0 Å². The van der Waals surface area contributed by atoms with E-state index in [-0.39, 0.29) is 12.1 Å². The van der Waals surface area contributed by atoms with E-state index in [1.165, 1.54) is 0 Å². The summed E-state index contributed by atoms with van der Waals surface area (Å²) in [6.45, 7) is 5.20. The van der Waals surface area contributed by atoms with Crippen LogP contribution in [0.5, 0.6) is 0 Å². The lowest BCUT2D eigenvalue weighted by atomic mass is 9.99. The molecule has 0 amide bonds. The Morgan fingerprint density at radius 1 is 0.677 bits per heavy atom. The van der Waals surface area contributed by atoms with Crippen molar-refractivity contribution < 1.29 is 9.46 Å². The third-order valence-electron chi connectivity index (χ3n) is 6.67. The number of nitrogens with zero attached hydrogens (tertiary/aromatic N) is 2. The molecule has 1 saturated heterocycles. The minimum Gasteiger partial charge on any atom is -0.322 e. The van der Waals surface area contributed by atoms with Gasteiger partial charge in [-0.3, -0.25) is 4.57 Å². The number of fused-ring (bicyclic) bond motifs is 2. The van der Waals surface area contributed by atoms with Crippen molar-refractivity contribution in [2.75, 3.05) is 13.1 Å². The molecular formula is C26H27N2O2P. The van der Waals surface area contributed by atoms with Crippen LogP contribution in [-0.2, 0) is 4.57 Å². The summed E-state index contributed by atoms with van der Waals surface area (Å²) in [4.78, 5) is 11.3. The Balaban J connectivity index is 1.49. The zero-order valence-corrected chi connectivity index (χ0v) is 18.7. The van der Waals surface area contributed by atoms with Crippen LogP contribution in [0.2, 0.25) is 0 Å². The van der Waals surface area contributed by atoms with Gasteiger partial charge in [-0.2, -0.15) is 0 Å². The van der Waals surface area contributed by atoms with Gasteiger partial charge >= 0.3 is 7.67 Å². The second-order valence-electron chi connectivity index (χ2n) is 8.33. The van der Waals surface area contributed by atoms with E-state index < -0.39 is 7.67 Å². The predicted octanol–water partition coefficient (Wildman–Crippen LogP) is 6.53. The molecule has 1 fully saturated rings. The number of rotatable bonds is 4. The summed E-state index contributed by atoms with van der Waals surface area (Å²) in [5, 5.41) is 4.58. The van der Waals surface area contributed by atoms with Gasteiger partial charge < -0.3 is 4.89 Å². The molecule has 1 N–H and O–H groups in total. The van der Waals surface area contributed by atoms with Crippen LogP contribution in [0, 0.1) is 0 Å². The lowest BCUT2D eigenvalue weighted by Crippen LogP contribution is -2.24. The van der Waals surface area contributed by atoms with Gasteiger partial charge in [0.25, 0.3) is 0 Å². The Bertz CT molecular complexity index is 1200. The third-order valence-corrected chi connectivity index (χ3v) is 9.10. The van der Waals surface area contributed by atoms with Gasteiger partial charge in [0.2, 0.25) is 0 Å². The van der Waals surface area contributed by atoms with Gasteiger partial charge in [-0.05, 0) is 46.5 Å². The van der Waals surface area contributed by atoms with E-state index in [1.807, 2.05) is 50.2 Å². The average molecular weight is 430 g/mol. The Morgan fingerprint density at radius 2 is 1.06 bits per heavy atom. The van der Waals surface area contributed by atoms with Crippen molar-refractivity contribution in [2.24, 2.45) is 0 Å². The van der Waals surface area contributed by atoms with E-state index in [9.17, 15) is 9.46 Å². The fourth-order valence-electron chi connectivity index (χ4n) is 5.00. The molecule has 0 spiro atoms. The first-order valence-corrected chi connectivity index (χ1v) is 12.4. The zero-order valence-electron chi connectivity index (χ0n) is 17.8. The first-order chi connectivity index (χ1) is 15.0. The topological polar surface area (TPSA) is 43.8 Å². The van der Waals surface area contributed by atoms with Crippen molar-refractivity contribution in [3.05, 3.63) is 96.1 Å². The first kappa shape index (κ1) is 20.4. The maximum atomic E-state index is 13.8. The van der Waals surface area contributed by atoms with E-state index in [1.54, 1.807) is 9.34 Å². The van der Waals surface area contributed by atoms with E-state index in [0.29, 0.717) is 13.1 Å². The standard InChI is InChI=1S/C26H27N2O2P/c1-19(23-15-7-11-21-9-3-5-13-25(21)23)27-17-18-28(31(27,29)30)20(2)24-16-8-12-22-10-4-6-14-26(22)24/h3-16,19-20H,17-18H2,1-2H3,(H,29,30)/t19-,20-/m0/s1. The van der Waals surface area contributed by atoms with Crippen LogP contribution in [0.4, 0.5) is 0 Å². The normalized spacial score (nSPS) is 19.1. The highest BCUT2D eigenvalue weighted by Crippen LogP contribution is 2.60. The van der Waals surface area contributed by atoms with Crippen molar-refractivity contribution in [1.82, 2.24) is 9.34 Å². The summed E-state index contributed by atoms with van der Waals surface area (Å²) < 4.78 is 17.4. The van der Waals surface area contributed by atoms with Gasteiger partial charge in [-0.25, -0.2) is 9.34 Å². The van der Waals surface area contributed by atoms with Crippen molar-refractivity contribution in [2.45, 2.75) is 25.9 Å². The van der Waals surface area contributed by atoms with Crippen molar-refractivity contribution >= 4 is 29.2 Å². The van der Waals surface area contributed by atoms with Crippen molar-refractivity contribution in [1.29, 1.82) is 0 Å². The predicted molar refractivity (Wildman–Crippen MR) is 128 cm³/mol. The molecule has 5 heteroatoms. The highest BCUT2D eigenvalue weighted by molar-refractivity contribution is 7.53. The summed E-state index contributed by atoms with van der Waals surface area (Å²) in [6, 6.07) is 28.5. The molecular weight excluding hydrogens is 403 g/mol. The second kappa shape index (κ2) is 7.89. The summed E-state index contributed by atoms with van der Waals surface area (Å²) in [7, 11) is -3.70. The quantitative estimate of drug-likeness (QED) is 0.374. The molecule has 4 aromatic carbocycles. The molecule has 0 saturated carbocycles. The highest BCUT2D eigenvalue weighted by Gasteiger charge is 2.46. The van der Waals surface area contributed by atoms with E-state index in [4.69, 9.17) is 0 Å². The van der Waals surface area contributed by atoms with Crippen LogP contribution < -0.4 is 0 Å². The molecule has 4 nitrogen and oxygen atoms in total. The number of benzene rings is 4. The molecule has 0 aliphatic carbocycles. The van der Waals surface area contributed by atoms with Crippen LogP contribution in [0.1, 0.15) is 37.1 Å². The van der Waals surface area contributed by atoms with Crippen LogP contribution in [0.3, 0.4) is 0 Å². The summed E-state index contributed by atoms with van der Waals surface area (Å²) in [5.74, 6) is 0. The summed E-state index contributed by atoms with van der Waals surface area (Å²) in [6.07, 6.45) is 0. The largest absolute Gasteiger partial charge is 0.344 e. The molecule has 5 rings (SSSR count). The molecule has 0 aromatic heterocycles. The lowest BCUT2D eigenvalue weighted by molar-refractivity contribution is 0.296. The second-order valence-corrected chi connectivity index (χ2v) is 10.4. The van der Waals surface area contributed by atoms with E-state index in [2.05, 4.69) is 48.5 Å². The molecule has 0 radical (unpaired) electrons. The highest BCUT2D eigenvalue weighted by atomic mass is 31.2. The van der Waals surface area contributed by atoms with Gasteiger partial charge in [0.1, 0.15) is 0 Å². The SMILES string of the molecule is C[C@@H](c1cccc2ccccc12)N1CCN([C@@H](C)c2cccc3ccccc23)P1(=O)O. The summed E-state index contributed by atoms with van der Waals surface area (Å²) >= 11 is 0. The van der Waals surface area contributed by atoms with Crippen LogP contribution in [0.15, 0.2) is 84.9 Å². The molecule has 31 heavy (non-hydrogen) atoms. The van der Waals surface area contributed by atoms with E-state index in [0.717, 1.165) is 32.7 Å². The maximum absolute atomic E-state index is 13.8. The molecule has 1 aliphatic heterocycles.